The lowest BCUT2D eigenvalue weighted by atomic mass is 10.2. The zero-order valence-corrected chi connectivity index (χ0v) is 7.53. The molecule has 0 fully saturated rings. The van der Waals surface area contributed by atoms with E-state index in [9.17, 15) is 0 Å². The summed E-state index contributed by atoms with van der Waals surface area (Å²) in [6.07, 6.45) is 4.28. The Balaban J connectivity index is 2.33. The van der Waals surface area contributed by atoms with Gasteiger partial charge in [0.05, 0.1) is 6.54 Å². The molecular formula is C11H15N. The summed E-state index contributed by atoms with van der Waals surface area (Å²) < 4.78 is 0. The number of hydrogen-bond donors (Lipinski definition) is 0. The van der Waals surface area contributed by atoms with Crippen LogP contribution in [0.1, 0.15) is 25.3 Å². The molecule has 1 heteroatoms. The minimum absolute atomic E-state index is 0.820. The maximum absolute atomic E-state index is 4.31. The minimum atomic E-state index is 0.820. The van der Waals surface area contributed by atoms with Crippen LogP contribution >= 0.6 is 0 Å². The standard InChI is InChI=1S/C11H15N/c1-2-3-9-12-10-11-7-5-4-6-8-11/h4-9H,2-3,10H2,1H3. The summed E-state index contributed by atoms with van der Waals surface area (Å²) in [6, 6.07) is 10.3. The molecule has 0 radical (unpaired) electrons. The van der Waals surface area contributed by atoms with E-state index in [-0.39, 0.29) is 0 Å². The maximum atomic E-state index is 4.31. The molecule has 0 saturated heterocycles. The van der Waals surface area contributed by atoms with Crippen molar-refractivity contribution in [1.82, 2.24) is 0 Å². The van der Waals surface area contributed by atoms with Crippen molar-refractivity contribution < 1.29 is 0 Å². The van der Waals surface area contributed by atoms with Crippen molar-refractivity contribution in [2.45, 2.75) is 26.3 Å². The van der Waals surface area contributed by atoms with Crippen molar-refractivity contribution >= 4 is 6.21 Å². The molecule has 1 aromatic carbocycles. The molecule has 0 spiro atoms. The van der Waals surface area contributed by atoms with Gasteiger partial charge in [0.2, 0.25) is 0 Å². The molecule has 0 aliphatic carbocycles. The van der Waals surface area contributed by atoms with Crippen molar-refractivity contribution in [2.24, 2.45) is 4.99 Å². The highest BCUT2D eigenvalue weighted by atomic mass is 14.7. The van der Waals surface area contributed by atoms with Gasteiger partial charge in [-0.1, -0.05) is 43.7 Å². The predicted octanol–water partition coefficient (Wildman–Crippen LogP) is 3.06. The van der Waals surface area contributed by atoms with Gasteiger partial charge in [0.15, 0.2) is 0 Å². The SMILES string of the molecule is CCCC=NCc1ccccc1. The highest BCUT2D eigenvalue weighted by molar-refractivity contribution is 5.56. The molecule has 0 unspecified atom stereocenters. The molecule has 0 heterocycles. The van der Waals surface area contributed by atoms with E-state index >= 15 is 0 Å². The van der Waals surface area contributed by atoms with Crippen molar-refractivity contribution in [3.63, 3.8) is 0 Å². The van der Waals surface area contributed by atoms with Crippen molar-refractivity contribution in [3.8, 4) is 0 Å². The Morgan fingerprint density at radius 3 is 2.67 bits per heavy atom. The first kappa shape index (κ1) is 8.98. The highest BCUT2D eigenvalue weighted by Gasteiger charge is 1.84. The van der Waals surface area contributed by atoms with Crippen molar-refractivity contribution in [1.29, 1.82) is 0 Å². The normalized spacial score (nSPS) is 10.8. The monoisotopic (exact) mass is 161 g/mol. The minimum Gasteiger partial charge on any atom is -0.293 e. The fourth-order valence-corrected chi connectivity index (χ4v) is 0.974. The van der Waals surface area contributed by atoms with E-state index in [0.29, 0.717) is 0 Å². The van der Waals surface area contributed by atoms with Crippen molar-refractivity contribution in [3.05, 3.63) is 35.9 Å². The zero-order chi connectivity index (χ0) is 8.65. The van der Waals surface area contributed by atoms with E-state index < -0.39 is 0 Å². The van der Waals surface area contributed by atoms with Crippen LogP contribution in [-0.4, -0.2) is 6.21 Å². The largest absolute Gasteiger partial charge is 0.293 e. The molecule has 64 valence electrons. The van der Waals surface area contributed by atoms with Gasteiger partial charge in [-0.25, -0.2) is 0 Å². The molecule has 0 N–H and O–H groups in total. The third kappa shape index (κ3) is 3.33. The Labute approximate surface area is 74.2 Å². The smallest absolute Gasteiger partial charge is 0.0635 e. The summed E-state index contributed by atoms with van der Waals surface area (Å²) in [5.74, 6) is 0. The third-order valence-electron chi connectivity index (χ3n) is 1.66. The summed E-state index contributed by atoms with van der Waals surface area (Å²) in [7, 11) is 0. The van der Waals surface area contributed by atoms with Crippen LogP contribution in [0.4, 0.5) is 0 Å². The van der Waals surface area contributed by atoms with Crippen molar-refractivity contribution in [2.75, 3.05) is 0 Å². The van der Waals surface area contributed by atoms with Gasteiger partial charge in [0, 0.05) is 0 Å². The van der Waals surface area contributed by atoms with E-state index in [4.69, 9.17) is 0 Å². The van der Waals surface area contributed by atoms with E-state index in [0.717, 1.165) is 13.0 Å². The average molecular weight is 161 g/mol. The molecular weight excluding hydrogens is 146 g/mol. The molecule has 1 nitrogen and oxygen atoms in total. The second kappa shape index (κ2) is 5.53. The van der Waals surface area contributed by atoms with Crippen LogP contribution in [-0.2, 0) is 6.54 Å². The number of rotatable bonds is 4. The van der Waals surface area contributed by atoms with Gasteiger partial charge in [-0.2, -0.15) is 0 Å². The third-order valence-corrected chi connectivity index (χ3v) is 1.66. The average Bonchev–Trinajstić information content (AvgIpc) is 2.14. The Bertz CT molecular complexity index is 226. The first-order chi connectivity index (χ1) is 5.93. The van der Waals surface area contributed by atoms with Gasteiger partial charge in [0.1, 0.15) is 0 Å². The van der Waals surface area contributed by atoms with E-state index in [1.54, 1.807) is 0 Å². The first-order valence-electron chi connectivity index (χ1n) is 4.45. The van der Waals surface area contributed by atoms with Gasteiger partial charge >= 0.3 is 0 Å². The second-order valence-electron chi connectivity index (χ2n) is 2.80. The van der Waals surface area contributed by atoms with Gasteiger partial charge in [-0.15, -0.1) is 0 Å². The number of unbranched alkanes of at least 4 members (excludes halogenated alkanes) is 1. The van der Waals surface area contributed by atoms with Gasteiger partial charge in [0.25, 0.3) is 0 Å². The Morgan fingerprint density at radius 1 is 1.25 bits per heavy atom. The van der Waals surface area contributed by atoms with Crippen LogP contribution in [0.25, 0.3) is 0 Å². The number of hydrogen-bond acceptors (Lipinski definition) is 1. The van der Waals surface area contributed by atoms with E-state index in [1.165, 1.54) is 12.0 Å². The first-order valence-corrected chi connectivity index (χ1v) is 4.45. The van der Waals surface area contributed by atoms with Gasteiger partial charge in [-0.05, 0) is 18.2 Å². The molecule has 0 amide bonds. The van der Waals surface area contributed by atoms with Crippen LogP contribution in [0.5, 0.6) is 0 Å². The molecule has 0 bridgehead atoms. The Kier molecular flexibility index (Phi) is 4.14. The molecule has 0 aromatic heterocycles. The van der Waals surface area contributed by atoms with Crippen LogP contribution in [0.2, 0.25) is 0 Å². The number of aliphatic imine (C=N–C) groups is 1. The predicted molar refractivity (Wildman–Crippen MR) is 53.5 cm³/mol. The molecule has 1 aromatic rings. The van der Waals surface area contributed by atoms with Gasteiger partial charge in [-0.3, -0.25) is 4.99 Å². The van der Waals surface area contributed by atoms with Crippen LogP contribution < -0.4 is 0 Å². The fourth-order valence-electron chi connectivity index (χ4n) is 0.974. The zero-order valence-electron chi connectivity index (χ0n) is 7.53. The summed E-state index contributed by atoms with van der Waals surface area (Å²) in [5, 5.41) is 0. The lowest BCUT2D eigenvalue weighted by molar-refractivity contribution is 0.985. The number of benzene rings is 1. The summed E-state index contributed by atoms with van der Waals surface area (Å²) in [6.45, 7) is 2.98. The van der Waals surface area contributed by atoms with Crippen LogP contribution in [0, 0.1) is 0 Å². The van der Waals surface area contributed by atoms with E-state index in [2.05, 4.69) is 24.0 Å². The van der Waals surface area contributed by atoms with Gasteiger partial charge < -0.3 is 0 Å². The lowest BCUT2D eigenvalue weighted by Gasteiger charge is -1.93. The quantitative estimate of drug-likeness (QED) is 0.602. The molecule has 1 rings (SSSR count). The second-order valence-corrected chi connectivity index (χ2v) is 2.80. The summed E-state index contributed by atoms with van der Waals surface area (Å²) in [5.41, 5.74) is 1.28. The van der Waals surface area contributed by atoms with Crippen LogP contribution in [0.15, 0.2) is 35.3 Å². The van der Waals surface area contributed by atoms with E-state index in [1.807, 2.05) is 24.4 Å². The summed E-state index contributed by atoms with van der Waals surface area (Å²) >= 11 is 0. The maximum Gasteiger partial charge on any atom is 0.0635 e. The van der Waals surface area contributed by atoms with Crippen LogP contribution in [0.3, 0.4) is 0 Å². The fraction of sp³-hybridized carbons (Fsp3) is 0.364. The molecule has 0 aliphatic heterocycles. The molecule has 0 saturated carbocycles. The molecule has 0 atom stereocenters. The Morgan fingerprint density at radius 2 is 2.00 bits per heavy atom. The highest BCUT2D eigenvalue weighted by Crippen LogP contribution is 1.99. The Hall–Kier alpha value is -1.11. The number of nitrogens with zero attached hydrogens (tertiary/aromatic N) is 1. The summed E-state index contributed by atoms with van der Waals surface area (Å²) in [4.78, 5) is 4.31. The topological polar surface area (TPSA) is 12.4 Å². The molecule has 0 aliphatic rings. The molecule has 12 heavy (non-hydrogen) atoms. The lowest BCUT2D eigenvalue weighted by Crippen LogP contribution is -1.80.